The molecule has 0 saturated heterocycles. The van der Waals surface area contributed by atoms with E-state index in [9.17, 15) is 14.4 Å². The van der Waals surface area contributed by atoms with Gasteiger partial charge in [0.25, 0.3) is 0 Å². The number of ether oxygens (including phenoxy) is 3. The molecule has 7 nitrogen and oxygen atoms in total. The first-order valence-electron chi connectivity index (χ1n) is 11.1. The summed E-state index contributed by atoms with van der Waals surface area (Å²) in [6.45, 7) is 6.32. The summed E-state index contributed by atoms with van der Waals surface area (Å²) >= 11 is 0. The third-order valence-electron chi connectivity index (χ3n) is 4.71. The summed E-state index contributed by atoms with van der Waals surface area (Å²) in [7, 11) is 0. The van der Waals surface area contributed by atoms with Crippen molar-refractivity contribution in [3.8, 4) is 0 Å². The van der Waals surface area contributed by atoms with Crippen molar-refractivity contribution in [2.45, 2.75) is 85.0 Å². The van der Waals surface area contributed by atoms with Crippen LogP contribution in [0.2, 0.25) is 0 Å². The fourth-order valence-electron chi connectivity index (χ4n) is 2.76. The van der Waals surface area contributed by atoms with E-state index in [1.165, 1.54) is 0 Å². The second kappa shape index (κ2) is 18.4. The maximum atomic E-state index is 12.4. The minimum Gasteiger partial charge on any atom is -0.466 e. The van der Waals surface area contributed by atoms with Gasteiger partial charge in [-0.05, 0) is 12.8 Å². The average Bonchev–Trinajstić information content (AvgIpc) is 2.71. The Kier molecular flexibility index (Phi) is 17.4. The molecule has 2 atom stereocenters. The lowest BCUT2D eigenvalue weighted by molar-refractivity contribution is -0.164. The molecule has 0 amide bonds. The van der Waals surface area contributed by atoms with E-state index in [0.29, 0.717) is 19.6 Å². The monoisotopic (exact) mass is 416 g/mol. The number of aliphatic hydroxyl groups excluding tert-OH is 1. The summed E-state index contributed by atoms with van der Waals surface area (Å²) in [5.41, 5.74) is 0. The smallest absolute Gasteiger partial charge is 0.310 e. The highest BCUT2D eigenvalue weighted by Gasteiger charge is 2.35. The Morgan fingerprint density at radius 2 is 1.24 bits per heavy atom. The molecule has 0 radical (unpaired) electrons. The molecule has 7 heteroatoms. The molecule has 0 fully saturated rings. The van der Waals surface area contributed by atoms with Crippen LogP contribution in [0.25, 0.3) is 0 Å². The van der Waals surface area contributed by atoms with E-state index >= 15 is 0 Å². The van der Waals surface area contributed by atoms with E-state index in [0.717, 1.165) is 51.4 Å². The van der Waals surface area contributed by atoms with E-state index in [1.807, 2.05) is 0 Å². The Bertz CT molecular complexity index is 450. The quantitative estimate of drug-likeness (QED) is 0.206. The second-order valence-electron chi connectivity index (χ2n) is 7.35. The Labute approximate surface area is 175 Å². The van der Waals surface area contributed by atoms with Gasteiger partial charge in [0.1, 0.15) is 0 Å². The van der Waals surface area contributed by atoms with Crippen LogP contribution in [-0.2, 0) is 28.6 Å². The molecule has 0 aliphatic carbocycles. The van der Waals surface area contributed by atoms with Gasteiger partial charge in [0.15, 0.2) is 0 Å². The number of hydrogen-bond donors (Lipinski definition) is 1. The number of carbonyl (C=O) groups excluding carboxylic acids is 3. The summed E-state index contributed by atoms with van der Waals surface area (Å²) in [4.78, 5) is 36.9. The van der Waals surface area contributed by atoms with E-state index < -0.39 is 29.7 Å². The second-order valence-corrected chi connectivity index (χ2v) is 7.35. The number of rotatable bonds is 18. The molecule has 1 N–H and O–H groups in total. The van der Waals surface area contributed by atoms with Crippen molar-refractivity contribution in [3.05, 3.63) is 0 Å². The minimum atomic E-state index is -0.958. The number of hydrogen-bond acceptors (Lipinski definition) is 7. The number of aliphatic hydroxyl groups is 1. The van der Waals surface area contributed by atoms with Gasteiger partial charge in [0, 0.05) is 13.0 Å². The molecular weight excluding hydrogens is 376 g/mol. The largest absolute Gasteiger partial charge is 0.466 e. The molecule has 0 aromatic heterocycles. The summed E-state index contributed by atoms with van der Waals surface area (Å²) in [5, 5.41) is 8.84. The van der Waals surface area contributed by atoms with Crippen LogP contribution < -0.4 is 0 Å². The maximum absolute atomic E-state index is 12.4. The van der Waals surface area contributed by atoms with Crippen LogP contribution in [0.5, 0.6) is 0 Å². The summed E-state index contributed by atoms with van der Waals surface area (Å²) < 4.78 is 15.6. The van der Waals surface area contributed by atoms with Gasteiger partial charge in [0.05, 0.1) is 38.1 Å². The maximum Gasteiger partial charge on any atom is 0.310 e. The van der Waals surface area contributed by atoms with Crippen LogP contribution in [0, 0.1) is 11.8 Å². The molecule has 0 aromatic rings. The van der Waals surface area contributed by atoms with Crippen molar-refractivity contribution in [2.75, 3.05) is 26.4 Å². The zero-order chi connectivity index (χ0) is 21.9. The molecule has 0 heterocycles. The standard InChI is InChI=1S/C22H40O7/c1-4-6-8-10-14-27-20(24)17-19(22(26)29-16-12-13-23)18(3)21(25)28-15-11-9-7-5-2/h18-19,23H,4-17H2,1-3H3. The minimum absolute atomic E-state index is 0.0384. The van der Waals surface area contributed by atoms with Crippen molar-refractivity contribution in [1.82, 2.24) is 0 Å². The van der Waals surface area contributed by atoms with Crippen molar-refractivity contribution in [2.24, 2.45) is 11.8 Å². The average molecular weight is 417 g/mol. The van der Waals surface area contributed by atoms with E-state index in [2.05, 4.69) is 13.8 Å². The van der Waals surface area contributed by atoms with Crippen LogP contribution >= 0.6 is 0 Å². The molecule has 0 rings (SSSR count). The summed E-state index contributed by atoms with van der Waals surface area (Å²) in [6.07, 6.45) is 7.94. The van der Waals surface area contributed by atoms with Crippen LogP contribution in [0.15, 0.2) is 0 Å². The highest BCUT2D eigenvalue weighted by atomic mass is 16.5. The molecule has 0 aromatic carbocycles. The zero-order valence-corrected chi connectivity index (χ0v) is 18.5. The fraction of sp³-hybridized carbons (Fsp3) is 0.864. The lowest BCUT2D eigenvalue weighted by Gasteiger charge is -2.21. The van der Waals surface area contributed by atoms with Crippen molar-refractivity contribution in [1.29, 1.82) is 0 Å². The lowest BCUT2D eigenvalue weighted by atomic mass is 9.91. The van der Waals surface area contributed by atoms with E-state index in [4.69, 9.17) is 19.3 Å². The predicted molar refractivity (Wildman–Crippen MR) is 110 cm³/mol. The number of esters is 3. The van der Waals surface area contributed by atoms with Gasteiger partial charge in [-0.2, -0.15) is 0 Å². The Morgan fingerprint density at radius 3 is 1.79 bits per heavy atom. The fourth-order valence-corrected chi connectivity index (χ4v) is 2.76. The highest BCUT2D eigenvalue weighted by molar-refractivity contribution is 5.85. The number of unbranched alkanes of at least 4 members (excludes halogenated alkanes) is 6. The van der Waals surface area contributed by atoms with Gasteiger partial charge >= 0.3 is 17.9 Å². The normalized spacial score (nSPS) is 12.8. The Balaban J connectivity index is 4.66. The first-order chi connectivity index (χ1) is 14.0. The highest BCUT2D eigenvalue weighted by Crippen LogP contribution is 2.21. The summed E-state index contributed by atoms with van der Waals surface area (Å²) in [6, 6.07) is 0. The molecular formula is C22H40O7. The lowest BCUT2D eigenvalue weighted by Crippen LogP contribution is -2.33. The van der Waals surface area contributed by atoms with Crippen molar-refractivity contribution >= 4 is 17.9 Å². The zero-order valence-electron chi connectivity index (χ0n) is 18.5. The molecule has 0 saturated carbocycles. The van der Waals surface area contributed by atoms with Crippen LogP contribution in [0.1, 0.15) is 85.0 Å². The van der Waals surface area contributed by atoms with Gasteiger partial charge in [-0.15, -0.1) is 0 Å². The van der Waals surface area contributed by atoms with Gasteiger partial charge in [-0.25, -0.2) is 0 Å². The van der Waals surface area contributed by atoms with Crippen LogP contribution in [-0.4, -0.2) is 49.4 Å². The third-order valence-corrected chi connectivity index (χ3v) is 4.71. The van der Waals surface area contributed by atoms with Crippen LogP contribution in [0.4, 0.5) is 0 Å². The Hall–Kier alpha value is -1.63. The predicted octanol–water partition coefficient (Wildman–Crippen LogP) is 3.80. The molecule has 0 aliphatic heterocycles. The van der Waals surface area contributed by atoms with Crippen molar-refractivity contribution in [3.63, 3.8) is 0 Å². The van der Waals surface area contributed by atoms with Crippen LogP contribution in [0.3, 0.4) is 0 Å². The number of carbonyl (C=O) groups is 3. The van der Waals surface area contributed by atoms with E-state index in [1.54, 1.807) is 6.92 Å². The topological polar surface area (TPSA) is 99.1 Å². The summed E-state index contributed by atoms with van der Waals surface area (Å²) in [5.74, 6) is -3.44. The molecule has 2 unspecified atom stereocenters. The molecule has 0 spiro atoms. The molecule has 170 valence electrons. The first kappa shape index (κ1) is 27.4. The molecule has 0 aliphatic rings. The van der Waals surface area contributed by atoms with Gasteiger partial charge in [-0.3, -0.25) is 14.4 Å². The van der Waals surface area contributed by atoms with Gasteiger partial charge in [-0.1, -0.05) is 59.3 Å². The molecule has 29 heavy (non-hydrogen) atoms. The molecule has 0 bridgehead atoms. The third kappa shape index (κ3) is 14.1. The SMILES string of the molecule is CCCCCCOC(=O)CC(C(=O)OCCCO)C(C)C(=O)OCCCCCC. The first-order valence-corrected chi connectivity index (χ1v) is 11.1. The van der Waals surface area contributed by atoms with Crippen molar-refractivity contribution < 1.29 is 33.7 Å². The van der Waals surface area contributed by atoms with Gasteiger partial charge < -0.3 is 19.3 Å². The van der Waals surface area contributed by atoms with E-state index in [-0.39, 0.29) is 19.6 Å². The van der Waals surface area contributed by atoms with Gasteiger partial charge in [0.2, 0.25) is 0 Å². The Morgan fingerprint density at radius 1 is 0.724 bits per heavy atom.